The second-order valence-electron chi connectivity index (χ2n) is 26.8. The van der Waals surface area contributed by atoms with Crippen molar-refractivity contribution >= 4 is 76.2 Å². The van der Waals surface area contributed by atoms with Gasteiger partial charge in [-0.15, -0.1) is 0 Å². The number of anilines is 7. The summed E-state index contributed by atoms with van der Waals surface area (Å²) < 4.78 is 0. The van der Waals surface area contributed by atoms with Crippen molar-refractivity contribution in [2.45, 2.75) is 160 Å². The van der Waals surface area contributed by atoms with Gasteiger partial charge in [0, 0.05) is 50.5 Å². The predicted octanol–water partition coefficient (Wildman–Crippen LogP) is 15.1. The molecule has 1 saturated carbocycles. The minimum Gasteiger partial charge on any atom is -0.335 e. The normalized spacial score (nSPS) is 24.5. The average molecular weight is 960 g/mol. The number of aryl methyl sites for hydroxylation is 1. The van der Waals surface area contributed by atoms with E-state index in [0.717, 1.165) is 12.8 Å². The summed E-state index contributed by atoms with van der Waals surface area (Å²) in [5.74, 6) is 0. The summed E-state index contributed by atoms with van der Waals surface area (Å²) in [5.41, 5.74) is 24.3. The molecule has 4 aliphatic heterocycles. The number of rotatable bonds is 4. The third-order valence-electron chi connectivity index (χ3n) is 19.9. The molecule has 1 fully saturated rings. The summed E-state index contributed by atoms with van der Waals surface area (Å²) in [6.45, 7) is 32.5. The Labute approximate surface area is 432 Å². The Bertz CT molecular complexity index is 3430. The largest absolute Gasteiger partial charge is 0.335 e. The Balaban J connectivity index is 1.21. The van der Waals surface area contributed by atoms with Crippen LogP contribution in [0.4, 0.5) is 39.8 Å². The first-order valence-electron chi connectivity index (χ1n) is 27.4. The molecule has 0 saturated heterocycles. The van der Waals surface area contributed by atoms with E-state index in [4.69, 9.17) is 0 Å². The molecule has 4 heterocycles. The lowest BCUT2D eigenvalue weighted by atomic mass is 9.33. The van der Waals surface area contributed by atoms with Crippen LogP contribution in [-0.4, -0.2) is 20.3 Å². The number of para-hydroxylation sites is 1. The van der Waals surface area contributed by atoms with Gasteiger partial charge in [0.15, 0.2) is 0 Å². The molecule has 4 atom stereocenters. The maximum atomic E-state index is 2.97. The van der Waals surface area contributed by atoms with Crippen molar-refractivity contribution in [2.24, 2.45) is 0 Å². The highest BCUT2D eigenvalue weighted by atomic mass is 28.3. The van der Waals surface area contributed by atoms with Crippen LogP contribution in [-0.2, 0) is 33.6 Å². The van der Waals surface area contributed by atoms with Crippen LogP contribution in [0.1, 0.15) is 135 Å². The molecule has 0 N–H and O–H groups in total. The van der Waals surface area contributed by atoms with Crippen LogP contribution in [0, 0.1) is 0 Å². The van der Waals surface area contributed by atoms with Gasteiger partial charge in [-0.3, -0.25) is 0 Å². The second kappa shape index (κ2) is 14.9. The van der Waals surface area contributed by atoms with E-state index < -0.39 is 8.07 Å². The maximum absolute atomic E-state index is 2.97. The van der Waals surface area contributed by atoms with Gasteiger partial charge in [-0.2, -0.15) is 0 Å². The molecule has 0 radical (unpaired) electrons. The standard InChI is InChI=1S/C67H74BN3Si/c1-62(2,3)45-30-32-55(49(37-45)43-23-15-14-16-24-43)69-57-38-46(63(4,5)6)29-31-53(57)68-54-42-48(72(11,12)13)41-52-61(54)71(66(9)35-22-21-34-64(52,66)7)59-40-47(39-58(69)60(59)68)70-56-28-20-19-27-51(56)65(8)36-33-44-25-17-18-26-50(44)67(65,70)10/h14-20,23-32,37-42H,21-22,33-36H2,1-13H3. The van der Waals surface area contributed by atoms with Crippen molar-refractivity contribution in [3.05, 3.63) is 173 Å². The van der Waals surface area contributed by atoms with Gasteiger partial charge >= 0.3 is 0 Å². The molecule has 364 valence electrons. The lowest BCUT2D eigenvalue weighted by molar-refractivity contribution is 0.195. The average Bonchev–Trinajstić information content (AvgIpc) is 3.70. The van der Waals surface area contributed by atoms with E-state index in [1.165, 1.54) is 121 Å². The summed E-state index contributed by atoms with van der Waals surface area (Å²) >= 11 is 0. The van der Waals surface area contributed by atoms with Gasteiger partial charge in [-0.05, 0) is 142 Å². The number of hydrogen-bond donors (Lipinski definition) is 0. The zero-order valence-electron chi connectivity index (χ0n) is 45.4. The summed E-state index contributed by atoms with van der Waals surface area (Å²) in [7, 11) is -1.78. The fourth-order valence-electron chi connectivity index (χ4n) is 15.3. The third kappa shape index (κ3) is 5.98. The Hall–Kier alpha value is -5.78. The Morgan fingerprint density at radius 3 is 1.90 bits per heavy atom. The topological polar surface area (TPSA) is 9.72 Å². The highest BCUT2D eigenvalue weighted by molar-refractivity contribution is 7.01. The summed E-state index contributed by atoms with van der Waals surface area (Å²) in [6.07, 6.45) is 7.07. The van der Waals surface area contributed by atoms with Crippen LogP contribution in [0.3, 0.4) is 0 Å². The summed E-state index contributed by atoms with van der Waals surface area (Å²) in [4.78, 5) is 8.55. The molecule has 7 aromatic carbocycles. The van der Waals surface area contributed by atoms with E-state index in [1.54, 1.807) is 10.8 Å². The van der Waals surface area contributed by atoms with Crippen molar-refractivity contribution in [2.75, 3.05) is 14.7 Å². The van der Waals surface area contributed by atoms with E-state index in [-0.39, 0.29) is 39.5 Å². The lowest BCUT2D eigenvalue weighted by Gasteiger charge is -2.54. The van der Waals surface area contributed by atoms with Gasteiger partial charge in [0.05, 0.1) is 24.8 Å². The van der Waals surface area contributed by atoms with Gasteiger partial charge in [-0.1, -0.05) is 196 Å². The molecule has 13 rings (SSSR count). The zero-order chi connectivity index (χ0) is 50.3. The van der Waals surface area contributed by atoms with Crippen LogP contribution in [0.2, 0.25) is 19.6 Å². The molecular weight excluding hydrogens is 886 g/mol. The van der Waals surface area contributed by atoms with Crippen molar-refractivity contribution in [3.63, 3.8) is 0 Å². The molecule has 6 aliphatic rings. The predicted molar refractivity (Wildman–Crippen MR) is 312 cm³/mol. The van der Waals surface area contributed by atoms with Crippen molar-refractivity contribution < 1.29 is 0 Å². The molecule has 0 bridgehead atoms. The van der Waals surface area contributed by atoms with Crippen molar-refractivity contribution in [1.29, 1.82) is 0 Å². The van der Waals surface area contributed by atoms with E-state index in [0.29, 0.717) is 0 Å². The first kappa shape index (κ1) is 46.0. The van der Waals surface area contributed by atoms with E-state index in [9.17, 15) is 0 Å². The third-order valence-corrected chi connectivity index (χ3v) is 21.9. The molecule has 2 aliphatic carbocycles. The first-order valence-corrected chi connectivity index (χ1v) is 30.9. The fraction of sp³-hybridized carbons (Fsp3) is 0.373. The SMILES string of the molecule is CC(C)(C)c1ccc(N2c3cc(C(C)(C)C)ccc3B3c4cc([Si](C)(C)C)cc5c4N(c4cc(N6c7ccccc7C7(C)CCc8ccccc8C67C)cc2c43)C2(C)CCCCC52C)c(-c2ccccc2)c1. The Kier molecular flexibility index (Phi) is 9.55. The second-order valence-corrected chi connectivity index (χ2v) is 31.9. The lowest BCUT2D eigenvalue weighted by Crippen LogP contribution is -2.65. The molecule has 0 spiro atoms. The summed E-state index contributed by atoms with van der Waals surface area (Å²) in [6, 6.07) is 56.0. The van der Waals surface area contributed by atoms with Crippen LogP contribution < -0.4 is 36.3 Å². The maximum Gasteiger partial charge on any atom is 0.252 e. The van der Waals surface area contributed by atoms with E-state index >= 15 is 0 Å². The molecule has 0 amide bonds. The molecule has 4 unspecified atom stereocenters. The van der Waals surface area contributed by atoms with Crippen molar-refractivity contribution in [3.8, 4) is 11.1 Å². The van der Waals surface area contributed by atoms with Crippen LogP contribution in [0.25, 0.3) is 11.1 Å². The summed E-state index contributed by atoms with van der Waals surface area (Å²) in [5, 5.41) is 1.59. The van der Waals surface area contributed by atoms with Gasteiger partial charge < -0.3 is 14.7 Å². The van der Waals surface area contributed by atoms with E-state index in [2.05, 4.69) is 243 Å². The minimum atomic E-state index is -1.78. The van der Waals surface area contributed by atoms with Gasteiger partial charge in [-0.25, -0.2) is 0 Å². The fourth-order valence-corrected chi connectivity index (χ4v) is 16.5. The Morgan fingerprint density at radius 1 is 0.514 bits per heavy atom. The number of hydrogen-bond acceptors (Lipinski definition) is 3. The van der Waals surface area contributed by atoms with E-state index in [1.807, 2.05) is 0 Å². The number of fused-ring (bicyclic) bond motifs is 12. The van der Waals surface area contributed by atoms with Gasteiger partial charge in [0.1, 0.15) is 0 Å². The zero-order valence-corrected chi connectivity index (χ0v) is 46.4. The monoisotopic (exact) mass is 960 g/mol. The molecule has 3 nitrogen and oxygen atoms in total. The molecule has 5 heteroatoms. The molecule has 7 aromatic rings. The van der Waals surface area contributed by atoms with Crippen LogP contribution in [0.15, 0.2) is 140 Å². The molecule has 72 heavy (non-hydrogen) atoms. The smallest absolute Gasteiger partial charge is 0.252 e. The number of nitrogens with zero attached hydrogens (tertiary/aromatic N) is 3. The first-order chi connectivity index (χ1) is 34.1. The van der Waals surface area contributed by atoms with Crippen molar-refractivity contribution in [1.82, 2.24) is 0 Å². The Morgan fingerprint density at radius 2 is 1.17 bits per heavy atom. The minimum absolute atomic E-state index is 0.00361. The van der Waals surface area contributed by atoms with Crippen LogP contribution in [0.5, 0.6) is 0 Å². The molecular formula is C67H74BN3Si. The highest BCUT2D eigenvalue weighted by Crippen LogP contribution is 2.66. The van der Waals surface area contributed by atoms with Gasteiger partial charge in [0.2, 0.25) is 0 Å². The van der Waals surface area contributed by atoms with Gasteiger partial charge in [0.25, 0.3) is 6.71 Å². The molecule has 0 aromatic heterocycles. The quantitative estimate of drug-likeness (QED) is 0.163. The highest BCUT2D eigenvalue weighted by Gasteiger charge is 2.63. The number of benzene rings is 7. The van der Waals surface area contributed by atoms with Crippen LogP contribution >= 0.6 is 0 Å².